The van der Waals surface area contributed by atoms with E-state index in [0.29, 0.717) is 6.04 Å². The summed E-state index contributed by atoms with van der Waals surface area (Å²) in [7, 11) is 0. The van der Waals surface area contributed by atoms with Crippen LogP contribution >= 0.6 is 15.9 Å². The molecule has 0 aliphatic carbocycles. The maximum absolute atomic E-state index is 4.07. The molecule has 4 heteroatoms. The minimum atomic E-state index is 0.295. The minimum absolute atomic E-state index is 0.295. The lowest BCUT2D eigenvalue weighted by atomic mass is 10.1. The molecule has 3 aromatic rings. The van der Waals surface area contributed by atoms with Gasteiger partial charge in [-0.25, -0.2) is 4.98 Å². The average Bonchev–Trinajstić information content (AvgIpc) is 3.08. The number of benzene rings is 2. The highest BCUT2D eigenvalue weighted by Gasteiger charge is 2.06. The van der Waals surface area contributed by atoms with Gasteiger partial charge < -0.3 is 9.88 Å². The lowest BCUT2D eigenvalue weighted by Crippen LogP contribution is -2.18. The van der Waals surface area contributed by atoms with E-state index in [9.17, 15) is 0 Å². The second-order valence-electron chi connectivity index (χ2n) is 5.26. The van der Waals surface area contributed by atoms with Crippen molar-refractivity contribution >= 4 is 15.9 Å². The second-order valence-corrected chi connectivity index (χ2v) is 6.11. The van der Waals surface area contributed by atoms with Crippen LogP contribution in [0.2, 0.25) is 0 Å². The van der Waals surface area contributed by atoms with Gasteiger partial charge in [0.25, 0.3) is 0 Å². The van der Waals surface area contributed by atoms with Gasteiger partial charge in [0.1, 0.15) is 0 Å². The molecule has 0 radical (unpaired) electrons. The monoisotopic (exact) mass is 355 g/mol. The van der Waals surface area contributed by atoms with Crippen molar-refractivity contribution in [1.29, 1.82) is 0 Å². The summed E-state index contributed by atoms with van der Waals surface area (Å²) >= 11 is 3.59. The van der Waals surface area contributed by atoms with Crippen molar-refractivity contribution in [1.82, 2.24) is 14.9 Å². The minimum Gasteiger partial charge on any atom is -0.306 e. The van der Waals surface area contributed by atoms with Crippen molar-refractivity contribution < 1.29 is 0 Å². The van der Waals surface area contributed by atoms with Gasteiger partial charge >= 0.3 is 0 Å². The van der Waals surface area contributed by atoms with Crippen LogP contribution < -0.4 is 5.32 Å². The molecular formula is C18H18BrN3. The Morgan fingerprint density at radius 3 is 2.59 bits per heavy atom. The third-order valence-electron chi connectivity index (χ3n) is 3.75. The lowest BCUT2D eigenvalue weighted by molar-refractivity contribution is 0.573. The quantitative estimate of drug-likeness (QED) is 0.730. The van der Waals surface area contributed by atoms with Crippen LogP contribution in [0.25, 0.3) is 5.69 Å². The van der Waals surface area contributed by atoms with Crippen molar-refractivity contribution in [3.05, 3.63) is 82.9 Å². The summed E-state index contributed by atoms with van der Waals surface area (Å²) < 4.78 is 3.15. The predicted octanol–water partition coefficient (Wildman–Crippen LogP) is 4.49. The normalized spacial score (nSPS) is 12.3. The molecule has 112 valence electrons. The maximum atomic E-state index is 4.07. The Morgan fingerprint density at radius 1 is 1.14 bits per heavy atom. The molecule has 0 amide bonds. The average molecular weight is 356 g/mol. The summed E-state index contributed by atoms with van der Waals surface area (Å²) in [5.74, 6) is 0. The molecule has 2 aromatic carbocycles. The number of rotatable bonds is 5. The number of nitrogens with zero attached hydrogens (tertiary/aromatic N) is 2. The van der Waals surface area contributed by atoms with E-state index >= 15 is 0 Å². The zero-order valence-corrected chi connectivity index (χ0v) is 14.0. The van der Waals surface area contributed by atoms with Gasteiger partial charge in [0.15, 0.2) is 0 Å². The molecule has 1 heterocycles. The van der Waals surface area contributed by atoms with Crippen LogP contribution in [-0.2, 0) is 6.54 Å². The Kier molecular flexibility index (Phi) is 4.71. The topological polar surface area (TPSA) is 29.9 Å². The second kappa shape index (κ2) is 6.90. The zero-order valence-electron chi connectivity index (χ0n) is 12.4. The number of imidazole rings is 1. The third-order valence-corrected chi connectivity index (χ3v) is 4.53. The zero-order chi connectivity index (χ0) is 15.4. The maximum Gasteiger partial charge on any atom is 0.0991 e. The first kappa shape index (κ1) is 15.0. The van der Waals surface area contributed by atoms with Gasteiger partial charge in [0.2, 0.25) is 0 Å². The first-order valence-corrected chi connectivity index (χ1v) is 8.08. The first-order valence-electron chi connectivity index (χ1n) is 7.29. The molecule has 0 bridgehead atoms. The smallest absolute Gasteiger partial charge is 0.0991 e. The van der Waals surface area contributed by atoms with Crippen molar-refractivity contribution in [2.45, 2.75) is 19.5 Å². The van der Waals surface area contributed by atoms with Crippen molar-refractivity contribution in [2.75, 3.05) is 0 Å². The SMILES string of the molecule is C[C@@H](NCc1ccccc1Br)c1ccc(-n2ccnc2)cc1. The Bertz CT molecular complexity index is 720. The molecule has 22 heavy (non-hydrogen) atoms. The fourth-order valence-electron chi connectivity index (χ4n) is 2.37. The van der Waals surface area contributed by atoms with Gasteiger partial charge in [-0.2, -0.15) is 0 Å². The molecule has 0 aliphatic rings. The van der Waals surface area contributed by atoms with E-state index in [1.54, 1.807) is 6.20 Å². The van der Waals surface area contributed by atoms with Gasteiger partial charge in [-0.05, 0) is 36.2 Å². The highest BCUT2D eigenvalue weighted by atomic mass is 79.9. The predicted molar refractivity (Wildman–Crippen MR) is 93.0 cm³/mol. The molecule has 0 spiro atoms. The first-order chi connectivity index (χ1) is 10.7. The van der Waals surface area contributed by atoms with E-state index in [1.165, 1.54) is 11.1 Å². The van der Waals surface area contributed by atoms with E-state index in [1.807, 2.05) is 23.2 Å². The number of hydrogen-bond acceptors (Lipinski definition) is 2. The molecule has 0 saturated carbocycles. The number of aromatic nitrogens is 2. The highest BCUT2D eigenvalue weighted by Crippen LogP contribution is 2.19. The largest absolute Gasteiger partial charge is 0.306 e. The fourth-order valence-corrected chi connectivity index (χ4v) is 2.79. The highest BCUT2D eigenvalue weighted by molar-refractivity contribution is 9.10. The van der Waals surface area contributed by atoms with Crippen LogP contribution in [0, 0.1) is 0 Å². The van der Waals surface area contributed by atoms with Gasteiger partial charge in [-0.15, -0.1) is 0 Å². The summed E-state index contributed by atoms with van der Waals surface area (Å²) in [5.41, 5.74) is 3.67. The molecule has 1 N–H and O–H groups in total. The van der Waals surface area contributed by atoms with E-state index < -0.39 is 0 Å². The summed E-state index contributed by atoms with van der Waals surface area (Å²) in [4.78, 5) is 4.07. The van der Waals surface area contributed by atoms with Gasteiger partial charge in [-0.3, -0.25) is 0 Å². The van der Waals surface area contributed by atoms with E-state index in [0.717, 1.165) is 16.7 Å². The molecule has 0 saturated heterocycles. The molecule has 3 rings (SSSR count). The molecule has 0 fully saturated rings. The lowest BCUT2D eigenvalue weighted by Gasteiger charge is -2.15. The molecule has 3 nitrogen and oxygen atoms in total. The van der Waals surface area contributed by atoms with Crippen LogP contribution in [-0.4, -0.2) is 9.55 Å². The number of hydrogen-bond donors (Lipinski definition) is 1. The van der Waals surface area contributed by atoms with Crippen molar-refractivity contribution in [3.8, 4) is 5.69 Å². The van der Waals surface area contributed by atoms with Crippen LogP contribution in [0.4, 0.5) is 0 Å². The fraction of sp³-hybridized carbons (Fsp3) is 0.167. The third kappa shape index (κ3) is 3.46. The van der Waals surface area contributed by atoms with Gasteiger partial charge in [0, 0.05) is 35.1 Å². The number of halogens is 1. The van der Waals surface area contributed by atoms with Crippen LogP contribution in [0.5, 0.6) is 0 Å². The van der Waals surface area contributed by atoms with Crippen molar-refractivity contribution in [3.63, 3.8) is 0 Å². The van der Waals surface area contributed by atoms with Gasteiger partial charge in [-0.1, -0.05) is 46.3 Å². The summed E-state index contributed by atoms with van der Waals surface area (Å²) in [6.07, 6.45) is 5.54. The van der Waals surface area contributed by atoms with E-state index in [-0.39, 0.29) is 0 Å². The Labute approximate surface area is 139 Å². The van der Waals surface area contributed by atoms with E-state index in [2.05, 4.69) is 75.6 Å². The molecule has 1 atom stereocenters. The van der Waals surface area contributed by atoms with E-state index in [4.69, 9.17) is 0 Å². The van der Waals surface area contributed by atoms with Crippen LogP contribution in [0.3, 0.4) is 0 Å². The summed E-state index contributed by atoms with van der Waals surface area (Å²) in [5, 5.41) is 3.56. The Hall–Kier alpha value is -1.91. The Morgan fingerprint density at radius 2 is 1.91 bits per heavy atom. The number of nitrogens with one attached hydrogen (secondary N) is 1. The van der Waals surface area contributed by atoms with Crippen LogP contribution in [0.15, 0.2) is 71.7 Å². The molecule has 0 aliphatic heterocycles. The summed E-state index contributed by atoms with van der Waals surface area (Å²) in [6.45, 7) is 3.02. The molecule has 1 aromatic heterocycles. The van der Waals surface area contributed by atoms with Crippen LogP contribution in [0.1, 0.15) is 24.1 Å². The van der Waals surface area contributed by atoms with Gasteiger partial charge in [0.05, 0.1) is 6.33 Å². The molecular weight excluding hydrogens is 338 g/mol. The summed E-state index contributed by atoms with van der Waals surface area (Å²) in [6, 6.07) is 17.1. The standard InChI is InChI=1S/C18H18BrN3/c1-14(21-12-16-4-2-3-5-18(16)19)15-6-8-17(9-7-15)22-11-10-20-13-22/h2-11,13-14,21H,12H2,1H3/t14-/m1/s1. The Balaban J connectivity index is 1.65. The molecule has 0 unspecified atom stereocenters. The van der Waals surface area contributed by atoms with Crippen molar-refractivity contribution in [2.24, 2.45) is 0 Å².